The Morgan fingerprint density at radius 3 is 2.17 bits per heavy atom. The van der Waals surface area contributed by atoms with Gasteiger partial charge < -0.3 is 14.4 Å². The lowest BCUT2D eigenvalue weighted by atomic mass is 9.81. The molecule has 0 aliphatic carbocycles. The van der Waals surface area contributed by atoms with E-state index < -0.39 is 0 Å². The minimum Gasteiger partial charge on any atom is -0.497 e. The van der Waals surface area contributed by atoms with Crippen LogP contribution in [0.4, 0.5) is 0 Å². The number of amides is 1. The van der Waals surface area contributed by atoms with Crippen molar-refractivity contribution in [2.45, 2.75) is 31.8 Å². The molecule has 29 heavy (non-hydrogen) atoms. The van der Waals surface area contributed by atoms with Crippen LogP contribution in [0.3, 0.4) is 0 Å². The first-order chi connectivity index (χ1) is 14.1. The second-order valence-corrected chi connectivity index (χ2v) is 8.15. The highest BCUT2D eigenvalue weighted by atomic mass is 16.5. The average Bonchev–Trinajstić information content (AvgIpc) is 3.13. The molecule has 2 aromatic carbocycles. The van der Waals surface area contributed by atoms with Gasteiger partial charge in [0.1, 0.15) is 11.5 Å². The van der Waals surface area contributed by atoms with Crippen molar-refractivity contribution < 1.29 is 14.3 Å². The predicted molar refractivity (Wildman–Crippen MR) is 113 cm³/mol. The number of hydrogen-bond acceptors (Lipinski definition) is 4. The summed E-state index contributed by atoms with van der Waals surface area (Å²) in [5, 5.41) is 0. The summed E-state index contributed by atoms with van der Waals surface area (Å²) < 4.78 is 10.6. The highest BCUT2D eigenvalue weighted by molar-refractivity contribution is 5.74. The van der Waals surface area contributed by atoms with Crippen molar-refractivity contribution in [2.75, 3.05) is 33.9 Å². The number of fused-ring (bicyclic) bond motifs is 1. The highest BCUT2D eigenvalue weighted by Gasteiger charge is 2.46. The number of likely N-dealkylation sites (tertiary alicyclic amines) is 2. The Labute approximate surface area is 173 Å². The van der Waals surface area contributed by atoms with Crippen LogP contribution < -0.4 is 9.47 Å². The molecule has 0 unspecified atom stereocenters. The monoisotopic (exact) mass is 394 g/mol. The van der Waals surface area contributed by atoms with Crippen molar-refractivity contribution in [3.8, 4) is 11.5 Å². The van der Waals surface area contributed by atoms with E-state index >= 15 is 0 Å². The van der Waals surface area contributed by atoms with Gasteiger partial charge in [0, 0.05) is 51.0 Å². The third kappa shape index (κ3) is 4.10. The normalized spacial score (nSPS) is 24.2. The molecule has 0 radical (unpaired) electrons. The number of ether oxygens (including phenoxy) is 2. The molecule has 2 heterocycles. The summed E-state index contributed by atoms with van der Waals surface area (Å²) in [5.74, 6) is 2.78. The van der Waals surface area contributed by atoms with Gasteiger partial charge in [0.05, 0.1) is 14.2 Å². The zero-order valence-corrected chi connectivity index (χ0v) is 17.5. The largest absolute Gasteiger partial charge is 0.497 e. The fourth-order valence-electron chi connectivity index (χ4n) is 5.00. The van der Waals surface area contributed by atoms with Crippen molar-refractivity contribution >= 4 is 5.91 Å². The SMILES string of the molecule is COc1ccc(CN2CC[C@@H]3[C@H](C2)[C@@H](c2ccc(OC)cc2)CN3C(C)=O)cc1. The number of benzene rings is 2. The summed E-state index contributed by atoms with van der Waals surface area (Å²) in [6.45, 7) is 5.48. The van der Waals surface area contributed by atoms with Gasteiger partial charge in [0.25, 0.3) is 0 Å². The van der Waals surface area contributed by atoms with Crippen LogP contribution >= 0.6 is 0 Å². The Balaban J connectivity index is 1.52. The van der Waals surface area contributed by atoms with E-state index in [0.29, 0.717) is 17.9 Å². The predicted octanol–water partition coefficient (Wildman–Crippen LogP) is 3.54. The summed E-state index contributed by atoms with van der Waals surface area (Å²) >= 11 is 0. The summed E-state index contributed by atoms with van der Waals surface area (Å²) in [7, 11) is 3.39. The number of nitrogens with zero attached hydrogens (tertiary/aromatic N) is 2. The lowest BCUT2D eigenvalue weighted by molar-refractivity contribution is -0.130. The number of carbonyl (C=O) groups is 1. The second-order valence-electron chi connectivity index (χ2n) is 8.15. The lowest BCUT2D eigenvalue weighted by Crippen LogP contribution is -2.47. The maximum atomic E-state index is 12.3. The zero-order valence-electron chi connectivity index (χ0n) is 17.5. The van der Waals surface area contributed by atoms with Gasteiger partial charge in [0.15, 0.2) is 0 Å². The van der Waals surface area contributed by atoms with Crippen molar-refractivity contribution in [2.24, 2.45) is 5.92 Å². The molecule has 3 atom stereocenters. The third-order valence-corrected chi connectivity index (χ3v) is 6.53. The van der Waals surface area contributed by atoms with Gasteiger partial charge in [-0.1, -0.05) is 24.3 Å². The number of piperidine rings is 1. The molecule has 5 heteroatoms. The van der Waals surface area contributed by atoms with Crippen LogP contribution in [0.25, 0.3) is 0 Å². The fraction of sp³-hybridized carbons (Fsp3) is 0.458. The summed E-state index contributed by atoms with van der Waals surface area (Å²) in [5.41, 5.74) is 2.60. The number of rotatable bonds is 5. The highest BCUT2D eigenvalue weighted by Crippen LogP contribution is 2.42. The van der Waals surface area contributed by atoms with E-state index in [-0.39, 0.29) is 5.91 Å². The Morgan fingerprint density at radius 1 is 0.966 bits per heavy atom. The number of methoxy groups -OCH3 is 2. The molecule has 0 spiro atoms. The fourth-order valence-corrected chi connectivity index (χ4v) is 5.00. The molecule has 2 aromatic rings. The molecule has 2 saturated heterocycles. The van der Waals surface area contributed by atoms with E-state index in [0.717, 1.165) is 44.1 Å². The van der Waals surface area contributed by atoms with Crippen LogP contribution in [-0.2, 0) is 11.3 Å². The molecule has 0 saturated carbocycles. The molecular formula is C24H30N2O3. The van der Waals surface area contributed by atoms with E-state index in [1.807, 2.05) is 24.3 Å². The number of hydrogen-bond donors (Lipinski definition) is 0. The van der Waals surface area contributed by atoms with Crippen LogP contribution in [-0.4, -0.2) is 55.6 Å². The van der Waals surface area contributed by atoms with Gasteiger partial charge in [-0.25, -0.2) is 0 Å². The Hall–Kier alpha value is -2.53. The smallest absolute Gasteiger partial charge is 0.219 e. The van der Waals surface area contributed by atoms with Crippen molar-refractivity contribution in [3.63, 3.8) is 0 Å². The number of carbonyl (C=O) groups excluding carboxylic acids is 1. The molecule has 2 fully saturated rings. The van der Waals surface area contributed by atoms with Crippen LogP contribution in [0.15, 0.2) is 48.5 Å². The second kappa shape index (κ2) is 8.46. The molecular weight excluding hydrogens is 364 g/mol. The lowest BCUT2D eigenvalue weighted by Gasteiger charge is -2.38. The maximum Gasteiger partial charge on any atom is 0.219 e. The van der Waals surface area contributed by atoms with Crippen LogP contribution in [0.2, 0.25) is 0 Å². The minimum absolute atomic E-state index is 0.194. The van der Waals surface area contributed by atoms with E-state index in [1.54, 1.807) is 21.1 Å². The summed E-state index contributed by atoms with van der Waals surface area (Å²) in [6.07, 6.45) is 1.03. The van der Waals surface area contributed by atoms with Gasteiger partial charge in [-0.2, -0.15) is 0 Å². The topological polar surface area (TPSA) is 42.0 Å². The van der Waals surface area contributed by atoms with Crippen LogP contribution in [0.5, 0.6) is 11.5 Å². The van der Waals surface area contributed by atoms with Gasteiger partial charge in [-0.15, -0.1) is 0 Å². The van der Waals surface area contributed by atoms with Crippen molar-refractivity contribution in [1.82, 2.24) is 9.80 Å². The van der Waals surface area contributed by atoms with Crippen LogP contribution in [0.1, 0.15) is 30.4 Å². The van der Waals surface area contributed by atoms with Crippen LogP contribution in [0, 0.1) is 5.92 Å². The molecule has 1 amide bonds. The molecule has 0 aromatic heterocycles. The van der Waals surface area contributed by atoms with Gasteiger partial charge in [-0.05, 0) is 41.8 Å². The maximum absolute atomic E-state index is 12.3. The van der Waals surface area contributed by atoms with E-state index in [2.05, 4.69) is 34.1 Å². The average molecular weight is 395 g/mol. The van der Waals surface area contributed by atoms with Crippen molar-refractivity contribution in [1.29, 1.82) is 0 Å². The molecule has 154 valence electrons. The zero-order chi connectivity index (χ0) is 20.4. The van der Waals surface area contributed by atoms with Crippen molar-refractivity contribution in [3.05, 3.63) is 59.7 Å². The third-order valence-electron chi connectivity index (χ3n) is 6.53. The first-order valence-corrected chi connectivity index (χ1v) is 10.4. The van der Waals surface area contributed by atoms with Gasteiger partial charge >= 0.3 is 0 Å². The minimum atomic E-state index is 0.194. The van der Waals surface area contributed by atoms with Gasteiger partial charge in [-0.3, -0.25) is 9.69 Å². The summed E-state index contributed by atoms with van der Waals surface area (Å²) in [6, 6.07) is 17.0. The van der Waals surface area contributed by atoms with E-state index in [4.69, 9.17) is 9.47 Å². The molecule has 5 nitrogen and oxygen atoms in total. The van der Waals surface area contributed by atoms with E-state index in [1.165, 1.54) is 11.1 Å². The quantitative estimate of drug-likeness (QED) is 0.778. The first-order valence-electron chi connectivity index (χ1n) is 10.4. The van der Waals surface area contributed by atoms with Gasteiger partial charge in [0.2, 0.25) is 5.91 Å². The Morgan fingerprint density at radius 2 is 1.59 bits per heavy atom. The Bertz CT molecular complexity index is 834. The summed E-state index contributed by atoms with van der Waals surface area (Å²) in [4.78, 5) is 16.9. The molecule has 2 aliphatic heterocycles. The first kappa shape index (κ1) is 19.8. The molecule has 2 aliphatic rings. The molecule has 0 bridgehead atoms. The van der Waals surface area contributed by atoms with E-state index in [9.17, 15) is 4.79 Å². The standard InChI is InChI=1S/C24H30N2O3/c1-17(27)26-16-22(19-6-10-21(29-3)11-7-19)23-15-25(13-12-24(23)26)14-18-4-8-20(28-2)9-5-18/h4-11,22-24H,12-16H2,1-3H3/t22-,23-,24-/m1/s1. The molecule has 0 N–H and O–H groups in total. The Kier molecular flexibility index (Phi) is 5.76. The molecule has 4 rings (SSSR count).